The Bertz CT molecular complexity index is 433. The quantitative estimate of drug-likeness (QED) is 0.911. The molecule has 1 aromatic carbocycles. The predicted molar refractivity (Wildman–Crippen MR) is 63.6 cm³/mol. The highest BCUT2D eigenvalue weighted by Crippen LogP contribution is 2.13. The highest BCUT2D eigenvalue weighted by molar-refractivity contribution is 9.10. The van der Waals surface area contributed by atoms with Gasteiger partial charge in [0.2, 0.25) is 0 Å². The molecule has 1 aromatic rings. The fourth-order valence-electron chi connectivity index (χ4n) is 1.13. The van der Waals surface area contributed by atoms with Gasteiger partial charge in [-0.15, -0.1) is 0 Å². The minimum atomic E-state index is -3.34. The third-order valence-corrected chi connectivity index (χ3v) is 3.92. The molecule has 0 aliphatic carbocycles. The van der Waals surface area contributed by atoms with Crippen LogP contribution in [0.4, 0.5) is 0 Å². The Hall–Kier alpha value is -0.430. The monoisotopic (exact) mass is 292 g/mol. The largest absolute Gasteiger partial charge is 0.279 e. The molecule has 15 heavy (non-hydrogen) atoms. The van der Waals surface area contributed by atoms with E-state index < -0.39 is 10.2 Å². The molecule has 0 fully saturated rings. The molecule has 0 heterocycles. The van der Waals surface area contributed by atoms with Crippen molar-refractivity contribution in [3.8, 4) is 0 Å². The molecule has 6 heteroatoms. The minimum Gasteiger partial charge on any atom is -0.205 e. The Morgan fingerprint density at radius 2 is 2.13 bits per heavy atom. The van der Waals surface area contributed by atoms with Crippen LogP contribution in [0.3, 0.4) is 0 Å². The van der Waals surface area contributed by atoms with Crippen LogP contribution in [-0.4, -0.2) is 26.8 Å². The fourth-order valence-corrected chi connectivity index (χ4v) is 2.21. The predicted octanol–water partition coefficient (Wildman–Crippen LogP) is 1.35. The van der Waals surface area contributed by atoms with Crippen molar-refractivity contribution in [2.75, 3.05) is 14.1 Å². The van der Waals surface area contributed by atoms with E-state index in [4.69, 9.17) is 0 Å². The zero-order chi connectivity index (χ0) is 11.5. The Labute approximate surface area is 98.6 Å². The highest BCUT2D eigenvalue weighted by atomic mass is 79.9. The first-order chi connectivity index (χ1) is 6.95. The molecule has 0 atom stereocenters. The van der Waals surface area contributed by atoms with Crippen molar-refractivity contribution in [2.24, 2.45) is 0 Å². The van der Waals surface area contributed by atoms with E-state index in [0.717, 1.165) is 10.0 Å². The second kappa shape index (κ2) is 5.07. The minimum absolute atomic E-state index is 0.350. The van der Waals surface area contributed by atoms with E-state index in [1.54, 1.807) is 0 Å². The molecule has 0 saturated heterocycles. The van der Waals surface area contributed by atoms with Crippen LogP contribution in [0.15, 0.2) is 28.7 Å². The number of hydrogen-bond acceptors (Lipinski definition) is 2. The van der Waals surface area contributed by atoms with Crippen LogP contribution in [0.5, 0.6) is 0 Å². The van der Waals surface area contributed by atoms with Crippen LogP contribution in [0.25, 0.3) is 0 Å². The summed E-state index contributed by atoms with van der Waals surface area (Å²) in [6.07, 6.45) is 0. The molecule has 84 valence electrons. The van der Waals surface area contributed by atoms with E-state index >= 15 is 0 Å². The van der Waals surface area contributed by atoms with Gasteiger partial charge < -0.3 is 0 Å². The van der Waals surface area contributed by atoms with E-state index in [2.05, 4.69) is 20.7 Å². The fraction of sp³-hybridized carbons (Fsp3) is 0.333. The lowest BCUT2D eigenvalue weighted by Crippen LogP contribution is -2.35. The number of rotatable bonds is 4. The zero-order valence-electron chi connectivity index (χ0n) is 8.57. The average molecular weight is 293 g/mol. The maximum Gasteiger partial charge on any atom is 0.279 e. The van der Waals surface area contributed by atoms with Gasteiger partial charge in [0.05, 0.1) is 0 Å². The van der Waals surface area contributed by atoms with Crippen molar-refractivity contribution in [3.05, 3.63) is 34.3 Å². The standard InChI is InChI=1S/C9H13BrN2O2S/c1-11-15(13,14)12(2)7-8-4-3-5-9(10)6-8/h3-6,11H,7H2,1-2H3. The molecule has 0 saturated carbocycles. The van der Waals surface area contributed by atoms with E-state index in [-0.39, 0.29) is 0 Å². The van der Waals surface area contributed by atoms with E-state index in [1.165, 1.54) is 18.4 Å². The molecule has 0 aromatic heterocycles. The van der Waals surface area contributed by atoms with Crippen LogP contribution < -0.4 is 4.72 Å². The van der Waals surface area contributed by atoms with Gasteiger partial charge in [-0.2, -0.15) is 12.7 Å². The van der Waals surface area contributed by atoms with Crippen LogP contribution in [0.2, 0.25) is 0 Å². The number of hydrogen-bond donors (Lipinski definition) is 1. The molecule has 0 aliphatic heterocycles. The molecular formula is C9H13BrN2O2S. The number of halogens is 1. The summed E-state index contributed by atoms with van der Waals surface area (Å²) in [6, 6.07) is 7.55. The van der Waals surface area contributed by atoms with Crippen molar-refractivity contribution in [1.82, 2.24) is 9.03 Å². The summed E-state index contributed by atoms with van der Waals surface area (Å²) >= 11 is 3.34. The van der Waals surface area contributed by atoms with Crippen molar-refractivity contribution in [2.45, 2.75) is 6.54 Å². The number of nitrogens with zero attached hydrogens (tertiary/aromatic N) is 1. The van der Waals surface area contributed by atoms with Gasteiger partial charge in [-0.05, 0) is 17.7 Å². The summed E-state index contributed by atoms with van der Waals surface area (Å²) in [5.41, 5.74) is 0.936. The van der Waals surface area contributed by atoms with Crippen molar-refractivity contribution < 1.29 is 8.42 Å². The van der Waals surface area contributed by atoms with Gasteiger partial charge in [-0.3, -0.25) is 0 Å². The first-order valence-corrected chi connectivity index (χ1v) is 6.58. The molecule has 0 bridgehead atoms. The van der Waals surface area contributed by atoms with Crippen LogP contribution >= 0.6 is 15.9 Å². The normalized spacial score (nSPS) is 12.0. The van der Waals surface area contributed by atoms with Crippen LogP contribution in [0.1, 0.15) is 5.56 Å². The molecular weight excluding hydrogens is 280 g/mol. The number of benzene rings is 1. The number of nitrogens with one attached hydrogen (secondary N) is 1. The van der Waals surface area contributed by atoms with Crippen LogP contribution in [0, 0.1) is 0 Å². The molecule has 0 radical (unpaired) electrons. The Morgan fingerprint density at radius 1 is 1.47 bits per heavy atom. The second-order valence-corrected chi connectivity index (χ2v) is 5.99. The second-order valence-electron chi connectivity index (χ2n) is 3.10. The molecule has 1 N–H and O–H groups in total. The van der Waals surface area contributed by atoms with Gasteiger partial charge >= 0.3 is 0 Å². The Kier molecular flexibility index (Phi) is 4.27. The topological polar surface area (TPSA) is 49.4 Å². The zero-order valence-corrected chi connectivity index (χ0v) is 11.0. The van der Waals surface area contributed by atoms with Gasteiger partial charge in [0, 0.05) is 25.1 Å². The summed E-state index contributed by atoms with van der Waals surface area (Å²) in [5.74, 6) is 0. The van der Waals surface area contributed by atoms with E-state index in [0.29, 0.717) is 6.54 Å². The molecule has 1 rings (SSSR count). The lowest BCUT2D eigenvalue weighted by atomic mass is 10.2. The summed E-state index contributed by atoms with van der Waals surface area (Å²) in [6.45, 7) is 0.350. The third kappa shape index (κ3) is 3.57. The lowest BCUT2D eigenvalue weighted by molar-refractivity contribution is 0.459. The maximum atomic E-state index is 11.4. The van der Waals surface area contributed by atoms with Crippen molar-refractivity contribution >= 4 is 26.1 Å². The third-order valence-electron chi connectivity index (χ3n) is 1.96. The van der Waals surface area contributed by atoms with Gasteiger partial charge in [-0.1, -0.05) is 28.1 Å². The molecule has 0 spiro atoms. The summed E-state index contributed by atoms with van der Waals surface area (Å²) in [5, 5.41) is 0. The van der Waals surface area contributed by atoms with Crippen LogP contribution in [-0.2, 0) is 16.8 Å². The first kappa shape index (κ1) is 12.6. The Balaban J connectivity index is 2.79. The van der Waals surface area contributed by atoms with Gasteiger partial charge in [0.1, 0.15) is 0 Å². The molecule has 0 amide bonds. The smallest absolute Gasteiger partial charge is 0.205 e. The first-order valence-electron chi connectivity index (χ1n) is 4.35. The van der Waals surface area contributed by atoms with Gasteiger partial charge in [0.15, 0.2) is 0 Å². The van der Waals surface area contributed by atoms with E-state index in [9.17, 15) is 8.42 Å². The van der Waals surface area contributed by atoms with E-state index in [1.807, 2.05) is 24.3 Å². The lowest BCUT2D eigenvalue weighted by Gasteiger charge is -2.16. The molecule has 0 aliphatic rings. The highest BCUT2D eigenvalue weighted by Gasteiger charge is 2.14. The Morgan fingerprint density at radius 3 is 2.67 bits per heavy atom. The molecule has 0 unspecified atom stereocenters. The van der Waals surface area contributed by atoms with Crippen molar-refractivity contribution in [1.29, 1.82) is 0 Å². The summed E-state index contributed by atoms with van der Waals surface area (Å²) in [4.78, 5) is 0. The van der Waals surface area contributed by atoms with Crippen molar-refractivity contribution in [3.63, 3.8) is 0 Å². The maximum absolute atomic E-state index is 11.4. The van der Waals surface area contributed by atoms with Gasteiger partial charge in [-0.25, -0.2) is 4.72 Å². The van der Waals surface area contributed by atoms with Gasteiger partial charge in [0.25, 0.3) is 10.2 Å². The average Bonchev–Trinajstić information content (AvgIpc) is 2.17. The summed E-state index contributed by atoms with van der Waals surface area (Å²) < 4.78 is 27.2. The SMILES string of the molecule is CNS(=O)(=O)N(C)Cc1cccc(Br)c1. The molecule has 4 nitrogen and oxygen atoms in total. The summed E-state index contributed by atoms with van der Waals surface area (Å²) in [7, 11) is -0.411.